The Hall–Kier alpha value is -2.56. The van der Waals surface area contributed by atoms with Gasteiger partial charge in [-0.3, -0.25) is 9.80 Å². The number of carbonyl (C=O) groups excluding carboxylic acids is 1. The molecule has 1 aliphatic heterocycles. The van der Waals surface area contributed by atoms with E-state index in [4.69, 9.17) is 0 Å². The first kappa shape index (κ1) is 20.7. The number of fused-ring (bicyclic) bond motifs is 1. The molecule has 5 heteroatoms. The third kappa shape index (κ3) is 3.90. The highest BCUT2D eigenvalue weighted by atomic mass is 19.1. The molecule has 1 aromatic rings. The van der Waals surface area contributed by atoms with Gasteiger partial charge in [0.25, 0.3) is 0 Å². The average Bonchev–Trinajstić information content (AvgIpc) is 3.34. The van der Waals surface area contributed by atoms with Crippen LogP contribution in [0, 0.1) is 17.7 Å². The van der Waals surface area contributed by atoms with Gasteiger partial charge in [-0.1, -0.05) is 32.8 Å². The van der Waals surface area contributed by atoms with Gasteiger partial charge in [0.05, 0.1) is 11.4 Å². The van der Waals surface area contributed by atoms with E-state index in [0.29, 0.717) is 18.3 Å². The van der Waals surface area contributed by atoms with Gasteiger partial charge in [0, 0.05) is 30.2 Å². The molecule has 4 rings (SSSR count). The molecule has 3 aliphatic rings. The largest absolute Gasteiger partial charge is 0.353 e. The third-order valence-corrected chi connectivity index (χ3v) is 6.68. The van der Waals surface area contributed by atoms with Crippen LogP contribution in [-0.2, 0) is 4.79 Å². The zero-order chi connectivity index (χ0) is 21.3. The van der Waals surface area contributed by atoms with Crippen molar-refractivity contribution in [3.63, 3.8) is 0 Å². The van der Waals surface area contributed by atoms with Gasteiger partial charge in [-0.25, -0.2) is 4.39 Å². The second kappa shape index (κ2) is 8.66. The minimum Gasteiger partial charge on any atom is -0.353 e. The zero-order valence-electron chi connectivity index (χ0n) is 18.2. The normalized spacial score (nSPS) is 23.4. The van der Waals surface area contributed by atoms with Crippen LogP contribution in [0.15, 0.2) is 59.0 Å². The van der Waals surface area contributed by atoms with Gasteiger partial charge in [0.1, 0.15) is 5.82 Å². The summed E-state index contributed by atoms with van der Waals surface area (Å²) in [6.07, 6.45) is 10.3. The van der Waals surface area contributed by atoms with E-state index in [1.807, 2.05) is 11.9 Å². The predicted molar refractivity (Wildman–Crippen MR) is 119 cm³/mol. The summed E-state index contributed by atoms with van der Waals surface area (Å²) in [6, 6.07) is 6.85. The Kier molecular flexibility index (Phi) is 5.98. The molecule has 0 saturated heterocycles. The second-order valence-corrected chi connectivity index (χ2v) is 8.65. The van der Waals surface area contributed by atoms with E-state index in [9.17, 15) is 9.18 Å². The van der Waals surface area contributed by atoms with Crippen LogP contribution in [0.25, 0.3) is 0 Å². The van der Waals surface area contributed by atoms with Crippen molar-refractivity contribution in [1.29, 1.82) is 0 Å². The highest BCUT2D eigenvalue weighted by Gasteiger charge is 2.38. The number of hydrogen-bond donors (Lipinski definition) is 2. The Balaban J connectivity index is 1.56. The number of nitrogens with one attached hydrogen (secondary N) is 2. The van der Waals surface area contributed by atoms with Crippen molar-refractivity contribution >= 4 is 11.6 Å². The van der Waals surface area contributed by atoms with Crippen molar-refractivity contribution in [2.45, 2.75) is 65.3 Å². The number of benzene rings is 1. The molecule has 160 valence electrons. The molecule has 0 saturated carbocycles. The predicted octanol–water partition coefficient (Wildman–Crippen LogP) is 5.36. The van der Waals surface area contributed by atoms with Crippen molar-refractivity contribution in [1.82, 2.24) is 10.7 Å². The number of nitrogens with zero attached hydrogens (tertiary/aromatic N) is 1. The maximum Gasteiger partial charge on any atom is 0.219 e. The number of anilines is 1. The lowest BCUT2D eigenvalue weighted by Crippen LogP contribution is -2.36. The van der Waals surface area contributed by atoms with E-state index in [2.05, 4.69) is 36.9 Å². The Morgan fingerprint density at radius 3 is 2.77 bits per heavy atom. The van der Waals surface area contributed by atoms with E-state index in [1.54, 1.807) is 17.7 Å². The van der Waals surface area contributed by atoms with E-state index in [0.717, 1.165) is 43.5 Å². The Morgan fingerprint density at radius 2 is 2.07 bits per heavy atom. The van der Waals surface area contributed by atoms with Crippen molar-refractivity contribution in [3.8, 4) is 0 Å². The summed E-state index contributed by atoms with van der Waals surface area (Å²) in [5.41, 5.74) is 9.73. The summed E-state index contributed by atoms with van der Waals surface area (Å²) in [5, 5.41) is 5.29. The Labute approximate surface area is 178 Å². The standard InChI is InChI=1S/C25H32FN3O/c1-4-6-20(28-24(30)5-2)13-17-7-8-18-14-23-22(16(3)25(17)18)15-27-29(23)21-11-9-19(26)10-12-21/h9-12,14-17,20,27H,4-8,13H2,1-3H3,(H,28,30)/t16-,17+,20?/m0/s1. The smallest absolute Gasteiger partial charge is 0.219 e. The van der Waals surface area contributed by atoms with E-state index in [-0.39, 0.29) is 17.8 Å². The summed E-state index contributed by atoms with van der Waals surface area (Å²) in [5.74, 6) is 0.784. The molecule has 0 fully saturated rings. The Bertz CT molecular complexity index is 899. The molecule has 1 unspecified atom stereocenters. The van der Waals surface area contributed by atoms with E-state index < -0.39 is 0 Å². The number of halogens is 1. The van der Waals surface area contributed by atoms with Crippen LogP contribution < -0.4 is 15.8 Å². The number of carbonyl (C=O) groups is 1. The quantitative estimate of drug-likeness (QED) is 0.637. The lowest BCUT2D eigenvalue weighted by atomic mass is 9.78. The molecule has 1 amide bonds. The third-order valence-electron chi connectivity index (χ3n) is 6.68. The number of hydrazine groups is 1. The van der Waals surface area contributed by atoms with Gasteiger partial charge >= 0.3 is 0 Å². The van der Waals surface area contributed by atoms with Crippen LogP contribution in [-0.4, -0.2) is 11.9 Å². The van der Waals surface area contributed by atoms with Crippen molar-refractivity contribution in [3.05, 3.63) is 64.8 Å². The van der Waals surface area contributed by atoms with Gasteiger partial charge in [0.2, 0.25) is 5.91 Å². The molecule has 3 atom stereocenters. The first-order valence-electron chi connectivity index (χ1n) is 11.3. The summed E-state index contributed by atoms with van der Waals surface area (Å²) in [4.78, 5) is 12.0. The maximum atomic E-state index is 13.3. The lowest BCUT2D eigenvalue weighted by Gasteiger charge is -2.31. The van der Waals surface area contributed by atoms with Gasteiger partial charge in [0.15, 0.2) is 0 Å². The van der Waals surface area contributed by atoms with Gasteiger partial charge in [-0.15, -0.1) is 0 Å². The minimum atomic E-state index is -0.224. The zero-order valence-corrected chi connectivity index (χ0v) is 18.2. The summed E-state index contributed by atoms with van der Waals surface area (Å²) in [6.45, 7) is 6.39. The van der Waals surface area contributed by atoms with Crippen LogP contribution in [0.1, 0.15) is 59.3 Å². The molecule has 4 nitrogen and oxygen atoms in total. The van der Waals surface area contributed by atoms with Crippen LogP contribution in [0.5, 0.6) is 0 Å². The molecule has 0 bridgehead atoms. The average molecular weight is 410 g/mol. The van der Waals surface area contributed by atoms with Crippen LogP contribution >= 0.6 is 0 Å². The van der Waals surface area contributed by atoms with Crippen LogP contribution in [0.2, 0.25) is 0 Å². The SMILES string of the molecule is CCCC(C[C@H]1CCC2=C1[C@@H](C)C1=CNN(c3ccc(F)cc3)C1=C2)NC(=O)CC. The fourth-order valence-electron chi connectivity index (χ4n) is 5.23. The highest BCUT2D eigenvalue weighted by molar-refractivity contribution is 5.75. The molecule has 2 aliphatic carbocycles. The first-order valence-corrected chi connectivity index (χ1v) is 11.3. The van der Waals surface area contributed by atoms with Gasteiger partial charge < -0.3 is 10.7 Å². The summed E-state index contributed by atoms with van der Waals surface area (Å²) in [7, 11) is 0. The molecule has 0 spiro atoms. The van der Waals surface area contributed by atoms with Crippen molar-refractivity contribution < 1.29 is 9.18 Å². The Morgan fingerprint density at radius 1 is 1.30 bits per heavy atom. The molecule has 2 N–H and O–H groups in total. The molecular formula is C25H32FN3O. The lowest BCUT2D eigenvalue weighted by molar-refractivity contribution is -0.121. The number of amides is 1. The maximum absolute atomic E-state index is 13.3. The summed E-state index contributed by atoms with van der Waals surface area (Å²) < 4.78 is 13.3. The molecular weight excluding hydrogens is 377 g/mol. The minimum absolute atomic E-state index is 0.150. The monoisotopic (exact) mass is 409 g/mol. The second-order valence-electron chi connectivity index (χ2n) is 8.65. The molecule has 0 aromatic heterocycles. The van der Waals surface area contributed by atoms with Gasteiger partial charge in [-0.2, -0.15) is 0 Å². The van der Waals surface area contributed by atoms with Gasteiger partial charge in [-0.05, 0) is 67.5 Å². The molecule has 1 heterocycles. The fraction of sp³-hybridized carbons (Fsp3) is 0.480. The topological polar surface area (TPSA) is 44.4 Å². The first-order chi connectivity index (χ1) is 14.5. The molecule has 1 aromatic carbocycles. The van der Waals surface area contributed by atoms with Crippen molar-refractivity contribution in [2.75, 3.05) is 5.01 Å². The van der Waals surface area contributed by atoms with Crippen LogP contribution in [0.3, 0.4) is 0 Å². The fourth-order valence-corrected chi connectivity index (χ4v) is 5.23. The number of hydrogen-bond acceptors (Lipinski definition) is 3. The highest BCUT2D eigenvalue weighted by Crippen LogP contribution is 2.49. The number of rotatable bonds is 7. The summed E-state index contributed by atoms with van der Waals surface area (Å²) >= 11 is 0. The number of allylic oxidation sites excluding steroid dienone is 4. The van der Waals surface area contributed by atoms with E-state index >= 15 is 0 Å². The van der Waals surface area contributed by atoms with Crippen LogP contribution in [0.4, 0.5) is 10.1 Å². The van der Waals surface area contributed by atoms with E-state index in [1.165, 1.54) is 23.3 Å². The molecule has 30 heavy (non-hydrogen) atoms. The van der Waals surface area contributed by atoms with Crippen molar-refractivity contribution in [2.24, 2.45) is 11.8 Å². The molecule has 0 radical (unpaired) electrons.